The molecule has 1 N–H and O–H groups in total. The third-order valence-electron chi connectivity index (χ3n) is 5.90. The summed E-state index contributed by atoms with van der Waals surface area (Å²) in [6.45, 7) is 8.94. The van der Waals surface area contributed by atoms with E-state index in [4.69, 9.17) is 11.6 Å². The Labute approximate surface area is 184 Å². The van der Waals surface area contributed by atoms with Crippen LogP contribution in [0.4, 0.5) is 10.1 Å². The minimum Gasteiger partial charge on any atom is -0.372 e. The number of hydrogen-bond acceptors (Lipinski definition) is 3. The maximum Gasteiger partial charge on any atom is 0.223 e. The van der Waals surface area contributed by atoms with Gasteiger partial charge in [-0.3, -0.25) is 9.69 Å². The van der Waals surface area contributed by atoms with Gasteiger partial charge in [0.15, 0.2) is 0 Å². The predicted octanol–water partition coefficient (Wildman–Crippen LogP) is 4.85. The largest absolute Gasteiger partial charge is 0.372 e. The first-order chi connectivity index (χ1) is 14.5. The quantitative estimate of drug-likeness (QED) is 0.648. The first kappa shape index (κ1) is 22.6. The maximum atomic E-state index is 14.0. The molecule has 2 aromatic rings. The molecule has 3 rings (SSSR count). The lowest BCUT2D eigenvalue weighted by atomic mass is 9.95. The van der Waals surface area contributed by atoms with Gasteiger partial charge in [-0.1, -0.05) is 29.8 Å². The number of piperidine rings is 1. The molecule has 0 atom stereocenters. The van der Waals surface area contributed by atoms with Crippen molar-refractivity contribution in [1.29, 1.82) is 0 Å². The summed E-state index contributed by atoms with van der Waals surface area (Å²) in [4.78, 5) is 17.1. The van der Waals surface area contributed by atoms with E-state index >= 15 is 0 Å². The van der Waals surface area contributed by atoms with Gasteiger partial charge in [0.25, 0.3) is 0 Å². The number of likely N-dealkylation sites (tertiary alicyclic amines) is 1. The third kappa shape index (κ3) is 5.96. The summed E-state index contributed by atoms with van der Waals surface area (Å²) in [5.41, 5.74) is 2.96. The molecule has 4 nitrogen and oxygen atoms in total. The van der Waals surface area contributed by atoms with E-state index in [9.17, 15) is 9.18 Å². The Hall–Kier alpha value is -2.11. The summed E-state index contributed by atoms with van der Waals surface area (Å²) in [7, 11) is 0. The molecule has 0 aliphatic carbocycles. The predicted molar refractivity (Wildman–Crippen MR) is 121 cm³/mol. The number of amides is 1. The molecular weight excluding hydrogens is 401 g/mol. The highest BCUT2D eigenvalue weighted by Gasteiger charge is 2.25. The van der Waals surface area contributed by atoms with Crippen LogP contribution in [0.3, 0.4) is 0 Å². The fourth-order valence-corrected chi connectivity index (χ4v) is 4.15. The van der Waals surface area contributed by atoms with Gasteiger partial charge in [0.2, 0.25) is 5.91 Å². The van der Waals surface area contributed by atoms with Crippen LogP contribution in [0.15, 0.2) is 42.5 Å². The Balaban J connectivity index is 1.44. The van der Waals surface area contributed by atoms with Gasteiger partial charge in [-0.05, 0) is 69.6 Å². The highest BCUT2D eigenvalue weighted by molar-refractivity contribution is 6.30. The number of rotatable bonds is 8. The number of anilines is 1. The molecule has 1 heterocycles. The lowest BCUT2D eigenvalue weighted by Crippen LogP contribution is -2.40. The number of nitrogens with zero attached hydrogens (tertiary/aromatic N) is 2. The van der Waals surface area contributed by atoms with Crippen molar-refractivity contribution in [3.05, 3.63) is 64.4 Å². The van der Waals surface area contributed by atoms with Crippen molar-refractivity contribution in [2.75, 3.05) is 31.1 Å². The molecule has 2 aromatic carbocycles. The second kappa shape index (κ2) is 10.8. The monoisotopic (exact) mass is 431 g/mol. The first-order valence-corrected chi connectivity index (χ1v) is 11.2. The smallest absolute Gasteiger partial charge is 0.223 e. The van der Waals surface area contributed by atoms with Crippen molar-refractivity contribution in [3.8, 4) is 0 Å². The van der Waals surface area contributed by atoms with Gasteiger partial charge in [0, 0.05) is 48.4 Å². The van der Waals surface area contributed by atoms with Crippen LogP contribution in [-0.2, 0) is 17.9 Å². The Morgan fingerprint density at radius 3 is 2.40 bits per heavy atom. The van der Waals surface area contributed by atoms with Crippen LogP contribution in [-0.4, -0.2) is 37.0 Å². The van der Waals surface area contributed by atoms with E-state index in [-0.39, 0.29) is 17.6 Å². The molecule has 0 unspecified atom stereocenters. The van der Waals surface area contributed by atoms with Crippen LogP contribution in [0.25, 0.3) is 0 Å². The zero-order valence-electron chi connectivity index (χ0n) is 17.8. The maximum absolute atomic E-state index is 14.0. The number of carbonyl (C=O) groups is 1. The van der Waals surface area contributed by atoms with Crippen LogP contribution < -0.4 is 10.2 Å². The average Bonchev–Trinajstić information content (AvgIpc) is 2.76. The average molecular weight is 432 g/mol. The van der Waals surface area contributed by atoms with Gasteiger partial charge in [-0.25, -0.2) is 4.39 Å². The topological polar surface area (TPSA) is 35.6 Å². The fraction of sp³-hybridized carbons (Fsp3) is 0.458. The second-order valence-electron chi connectivity index (χ2n) is 7.84. The standard InChI is InChI=1S/C24H31ClFN3O/c1-3-29(4-2)22-9-5-18(6-10-22)16-27-24(30)19-11-13-28(14-12-19)17-20-7-8-21(25)15-23(20)26/h5-10,15,19H,3-4,11-14,16-17H2,1-2H3,(H,27,30). The summed E-state index contributed by atoms with van der Waals surface area (Å²) in [6.07, 6.45) is 1.59. The first-order valence-electron chi connectivity index (χ1n) is 10.8. The fourth-order valence-electron chi connectivity index (χ4n) is 3.99. The van der Waals surface area contributed by atoms with Crippen molar-refractivity contribution >= 4 is 23.2 Å². The van der Waals surface area contributed by atoms with Gasteiger partial charge < -0.3 is 10.2 Å². The minimum atomic E-state index is -0.269. The number of benzene rings is 2. The van der Waals surface area contributed by atoms with E-state index in [0.717, 1.165) is 44.6 Å². The lowest BCUT2D eigenvalue weighted by molar-refractivity contribution is -0.126. The zero-order chi connectivity index (χ0) is 21.5. The Morgan fingerprint density at radius 2 is 1.80 bits per heavy atom. The van der Waals surface area contributed by atoms with Gasteiger partial charge in [0.1, 0.15) is 5.82 Å². The molecule has 6 heteroatoms. The van der Waals surface area contributed by atoms with Gasteiger partial charge in [-0.2, -0.15) is 0 Å². The molecule has 0 bridgehead atoms. The van der Waals surface area contributed by atoms with E-state index in [1.807, 2.05) is 0 Å². The second-order valence-corrected chi connectivity index (χ2v) is 8.28. The number of carbonyl (C=O) groups excluding carboxylic acids is 1. The summed E-state index contributed by atoms with van der Waals surface area (Å²) < 4.78 is 14.0. The van der Waals surface area contributed by atoms with Gasteiger partial charge >= 0.3 is 0 Å². The van der Waals surface area contributed by atoms with Crippen molar-refractivity contribution in [1.82, 2.24) is 10.2 Å². The normalized spacial score (nSPS) is 15.2. The van der Waals surface area contributed by atoms with Crippen LogP contribution in [0, 0.1) is 11.7 Å². The van der Waals surface area contributed by atoms with Crippen molar-refractivity contribution in [3.63, 3.8) is 0 Å². The summed E-state index contributed by atoms with van der Waals surface area (Å²) in [5.74, 6) is -0.138. The molecule has 1 aliphatic rings. The molecule has 1 amide bonds. The molecule has 30 heavy (non-hydrogen) atoms. The Morgan fingerprint density at radius 1 is 1.13 bits per heavy atom. The van der Waals surface area contributed by atoms with E-state index < -0.39 is 0 Å². The van der Waals surface area contributed by atoms with E-state index in [0.29, 0.717) is 23.7 Å². The third-order valence-corrected chi connectivity index (χ3v) is 6.13. The molecule has 0 aromatic heterocycles. The van der Waals surface area contributed by atoms with Gasteiger partial charge in [0.05, 0.1) is 0 Å². The summed E-state index contributed by atoms with van der Waals surface area (Å²) >= 11 is 5.82. The van der Waals surface area contributed by atoms with Crippen LogP contribution in [0.1, 0.15) is 37.8 Å². The van der Waals surface area contributed by atoms with Crippen LogP contribution in [0.5, 0.6) is 0 Å². The number of hydrogen-bond donors (Lipinski definition) is 1. The Bertz CT molecular complexity index is 831. The minimum absolute atomic E-state index is 0.0197. The molecule has 1 fully saturated rings. The molecule has 0 saturated carbocycles. The highest BCUT2D eigenvalue weighted by atomic mass is 35.5. The summed E-state index contributed by atoms with van der Waals surface area (Å²) in [6, 6.07) is 13.2. The lowest BCUT2D eigenvalue weighted by Gasteiger charge is -2.31. The van der Waals surface area contributed by atoms with Crippen molar-refractivity contribution in [2.45, 2.75) is 39.8 Å². The molecular formula is C24H31ClFN3O. The SMILES string of the molecule is CCN(CC)c1ccc(CNC(=O)C2CCN(Cc3ccc(Cl)cc3F)CC2)cc1. The molecule has 162 valence electrons. The zero-order valence-corrected chi connectivity index (χ0v) is 18.6. The van der Waals surface area contributed by atoms with Crippen molar-refractivity contribution in [2.24, 2.45) is 5.92 Å². The molecule has 1 saturated heterocycles. The van der Waals surface area contributed by atoms with Crippen molar-refractivity contribution < 1.29 is 9.18 Å². The number of halogens is 2. The number of nitrogens with one attached hydrogen (secondary N) is 1. The highest BCUT2D eigenvalue weighted by Crippen LogP contribution is 2.22. The van der Waals surface area contributed by atoms with E-state index in [2.05, 4.69) is 53.2 Å². The van der Waals surface area contributed by atoms with E-state index in [1.165, 1.54) is 11.8 Å². The molecule has 0 spiro atoms. The van der Waals surface area contributed by atoms with E-state index in [1.54, 1.807) is 12.1 Å². The molecule has 0 radical (unpaired) electrons. The van der Waals surface area contributed by atoms with Crippen LogP contribution >= 0.6 is 11.6 Å². The summed E-state index contributed by atoms with van der Waals surface area (Å²) in [5, 5.41) is 3.49. The molecule has 1 aliphatic heterocycles. The Kier molecular flexibility index (Phi) is 8.11. The van der Waals surface area contributed by atoms with Crippen LogP contribution in [0.2, 0.25) is 5.02 Å². The van der Waals surface area contributed by atoms with Gasteiger partial charge in [-0.15, -0.1) is 0 Å².